The largest absolute Gasteiger partial charge is 0.375 e. The van der Waals surface area contributed by atoms with Crippen LogP contribution in [0.25, 0.3) is 0 Å². The number of rotatable bonds is 9. The molecule has 1 amide bonds. The highest BCUT2D eigenvalue weighted by Crippen LogP contribution is 2.06. The van der Waals surface area contributed by atoms with Crippen LogP contribution in [0.15, 0.2) is 12.2 Å². The van der Waals surface area contributed by atoms with Crippen LogP contribution in [0.4, 0.5) is 0 Å². The van der Waals surface area contributed by atoms with Gasteiger partial charge >= 0.3 is 0 Å². The normalized spacial score (nSPS) is 13.3. The molecule has 0 heterocycles. The van der Waals surface area contributed by atoms with Crippen LogP contribution in [0.2, 0.25) is 0 Å². The summed E-state index contributed by atoms with van der Waals surface area (Å²) >= 11 is 0. The molecule has 0 aliphatic rings. The zero-order valence-electron chi connectivity index (χ0n) is 12.2. The maximum absolute atomic E-state index is 11.9. The number of hydrogen-bond donors (Lipinski definition) is 2. The Morgan fingerprint density at radius 2 is 1.80 bits per heavy atom. The van der Waals surface area contributed by atoms with E-state index in [1.165, 1.54) is 4.90 Å². The molecule has 0 aliphatic carbocycles. The molecule has 0 rings (SSSR count). The van der Waals surface area contributed by atoms with Crippen molar-refractivity contribution < 1.29 is 22.9 Å². The standard InChI is InChI=1S/C12H24N2O5S/c1-10(2)12(16)14(8-5-7-13(3)4)9-6-11(15)20(17,18)19/h11,15H,1,5-9H2,2-4H3,(H,17,18,19). The molecule has 0 bridgehead atoms. The van der Waals surface area contributed by atoms with Gasteiger partial charge in [-0.2, -0.15) is 8.42 Å². The molecule has 0 fully saturated rings. The maximum atomic E-state index is 11.9. The average molecular weight is 308 g/mol. The lowest BCUT2D eigenvalue weighted by Crippen LogP contribution is -2.37. The third kappa shape index (κ3) is 7.59. The summed E-state index contributed by atoms with van der Waals surface area (Å²) in [6, 6.07) is 0. The van der Waals surface area contributed by atoms with Crippen molar-refractivity contribution in [2.75, 3.05) is 33.7 Å². The number of nitrogens with zero attached hydrogens (tertiary/aromatic N) is 2. The van der Waals surface area contributed by atoms with Crippen LogP contribution in [-0.2, 0) is 14.9 Å². The van der Waals surface area contributed by atoms with Crippen molar-refractivity contribution in [1.82, 2.24) is 9.80 Å². The molecule has 20 heavy (non-hydrogen) atoms. The van der Waals surface area contributed by atoms with Gasteiger partial charge in [0.2, 0.25) is 5.91 Å². The summed E-state index contributed by atoms with van der Waals surface area (Å²) in [7, 11) is -0.672. The Labute approximate surface area is 120 Å². The molecule has 0 saturated carbocycles. The summed E-state index contributed by atoms with van der Waals surface area (Å²) in [4.78, 5) is 15.3. The Morgan fingerprint density at radius 3 is 2.20 bits per heavy atom. The maximum Gasteiger partial charge on any atom is 0.292 e. The van der Waals surface area contributed by atoms with Gasteiger partial charge in [0, 0.05) is 25.1 Å². The van der Waals surface area contributed by atoms with E-state index in [9.17, 15) is 18.3 Å². The Kier molecular flexibility index (Phi) is 7.95. The monoisotopic (exact) mass is 308 g/mol. The van der Waals surface area contributed by atoms with E-state index in [1.54, 1.807) is 6.92 Å². The van der Waals surface area contributed by atoms with E-state index in [0.717, 1.165) is 6.54 Å². The number of carbonyl (C=O) groups excluding carboxylic acids is 1. The van der Waals surface area contributed by atoms with Gasteiger partial charge in [0.1, 0.15) is 0 Å². The van der Waals surface area contributed by atoms with Crippen LogP contribution in [-0.4, -0.2) is 72.9 Å². The van der Waals surface area contributed by atoms with Gasteiger partial charge < -0.3 is 14.9 Å². The summed E-state index contributed by atoms with van der Waals surface area (Å²) in [5.41, 5.74) is -1.53. The Bertz CT molecular complexity index is 433. The van der Waals surface area contributed by atoms with Crippen molar-refractivity contribution in [3.63, 3.8) is 0 Å². The van der Waals surface area contributed by atoms with Crippen molar-refractivity contribution in [1.29, 1.82) is 0 Å². The van der Waals surface area contributed by atoms with Crippen LogP contribution >= 0.6 is 0 Å². The molecule has 1 atom stereocenters. The third-order valence-electron chi connectivity index (χ3n) is 2.68. The third-order valence-corrected chi connectivity index (χ3v) is 3.60. The fourth-order valence-corrected chi connectivity index (χ4v) is 1.98. The quantitative estimate of drug-likeness (QED) is 0.457. The zero-order valence-corrected chi connectivity index (χ0v) is 13.1. The molecule has 0 aromatic heterocycles. The predicted molar refractivity (Wildman–Crippen MR) is 76.7 cm³/mol. The van der Waals surface area contributed by atoms with E-state index in [4.69, 9.17) is 4.55 Å². The van der Waals surface area contributed by atoms with Crippen molar-refractivity contribution in [3.05, 3.63) is 12.2 Å². The van der Waals surface area contributed by atoms with Crippen LogP contribution in [0.3, 0.4) is 0 Å². The number of hydrogen-bond acceptors (Lipinski definition) is 5. The lowest BCUT2D eigenvalue weighted by molar-refractivity contribution is -0.127. The van der Waals surface area contributed by atoms with Crippen molar-refractivity contribution >= 4 is 16.0 Å². The van der Waals surface area contributed by atoms with Gasteiger partial charge in [-0.05, 0) is 34.0 Å². The molecule has 1 unspecified atom stereocenters. The SMILES string of the molecule is C=C(C)C(=O)N(CCCN(C)C)CCC(O)S(=O)(=O)O. The summed E-state index contributed by atoms with van der Waals surface area (Å²) in [6.07, 6.45) is 0.480. The molecule has 0 radical (unpaired) electrons. The second-order valence-electron chi connectivity index (χ2n) is 4.99. The van der Waals surface area contributed by atoms with Gasteiger partial charge in [0.05, 0.1) is 0 Å². The highest BCUT2D eigenvalue weighted by molar-refractivity contribution is 7.86. The van der Waals surface area contributed by atoms with Crippen LogP contribution in [0.1, 0.15) is 19.8 Å². The Hall–Kier alpha value is -0.960. The van der Waals surface area contributed by atoms with E-state index >= 15 is 0 Å². The minimum atomic E-state index is -4.49. The topological polar surface area (TPSA) is 98.2 Å². The van der Waals surface area contributed by atoms with Crippen molar-refractivity contribution in [2.45, 2.75) is 25.2 Å². The van der Waals surface area contributed by atoms with Gasteiger partial charge in [0.15, 0.2) is 5.44 Å². The molecular formula is C12H24N2O5S. The van der Waals surface area contributed by atoms with Gasteiger partial charge in [-0.1, -0.05) is 6.58 Å². The van der Waals surface area contributed by atoms with Crippen LogP contribution in [0.5, 0.6) is 0 Å². The lowest BCUT2D eigenvalue weighted by atomic mass is 10.2. The Morgan fingerprint density at radius 1 is 1.25 bits per heavy atom. The molecule has 0 aromatic rings. The summed E-state index contributed by atoms with van der Waals surface area (Å²) in [5.74, 6) is -0.286. The number of aliphatic hydroxyl groups excluding tert-OH is 1. The smallest absolute Gasteiger partial charge is 0.292 e. The fourth-order valence-electron chi connectivity index (χ4n) is 1.58. The zero-order chi connectivity index (χ0) is 15.9. The summed E-state index contributed by atoms with van der Waals surface area (Å²) < 4.78 is 30.1. The van der Waals surface area contributed by atoms with Crippen molar-refractivity contribution in [3.8, 4) is 0 Å². The average Bonchev–Trinajstić information content (AvgIpc) is 2.30. The minimum Gasteiger partial charge on any atom is -0.375 e. The minimum absolute atomic E-state index is 0.0417. The molecule has 7 nitrogen and oxygen atoms in total. The van der Waals surface area contributed by atoms with Crippen molar-refractivity contribution in [2.24, 2.45) is 0 Å². The van der Waals surface area contributed by atoms with Gasteiger partial charge in [-0.15, -0.1) is 0 Å². The first-order valence-corrected chi connectivity index (χ1v) is 7.80. The highest BCUT2D eigenvalue weighted by Gasteiger charge is 2.22. The molecular weight excluding hydrogens is 284 g/mol. The second kappa shape index (κ2) is 8.35. The van der Waals surface area contributed by atoms with E-state index in [1.807, 2.05) is 19.0 Å². The molecule has 0 spiro atoms. The molecule has 118 valence electrons. The number of aliphatic hydroxyl groups is 1. The first-order valence-electron chi connectivity index (χ1n) is 6.29. The number of amides is 1. The van der Waals surface area contributed by atoms with E-state index in [2.05, 4.69) is 6.58 Å². The van der Waals surface area contributed by atoms with Crippen LogP contribution in [0, 0.1) is 0 Å². The fraction of sp³-hybridized carbons (Fsp3) is 0.750. The predicted octanol–water partition coefficient (Wildman–Crippen LogP) is -0.0609. The Balaban J connectivity index is 4.54. The van der Waals surface area contributed by atoms with E-state index in [0.29, 0.717) is 18.5 Å². The van der Waals surface area contributed by atoms with Gasteiger partial charge in [0.25, 0.3) is 10.1 Å². The first kappa shape index (κ1) is 19.0. The van der Waals surface area contributed by atoms with E-state index < -0.39 is 15.6 Å². The number of carbonyl (C=O) groups is 1. The van der Waals surface area contributed by atoms with E-state index in [-0.39, 0.29) is 18.9 Å². The molecule has 8 heteroatoms. The lowest BCUT2D eigenvalue weighted by Gasteiger charge is -2.24. The van der Waals surface area contributed by atoms with Crippen LogP contribution < -0.4 is 0 Å². The summed E-state index contributed by atoms with van der Waals surface area (Å²) in [6.45, 7) is 6.39. The molecule has 0 aliphatic heterocycles. The van der Waals surface area contributed by atoms with Gasteiger partial charge in [-0.25, -0.2) is 0 Å². The highest BCUT2D eigenvalue weighted by atomic mass is 32.2. The molecule has 0 saturated heterocycles. The second-order valence-corrected chi connectivity index (χ2v) is 6.56. The molecule has 2 N–H and O–H groups in total. The molecule has 0 aromatic carbocycles. The van der Waals surface area contributed by atoms with Gasteiger partial charge in [-0.3, -0.25) is 9.35 Å². The summed E-state index contributed by atoms with van der Waals surface area (Å²) in [5, 5.41) is 9.26. The first-order chi connectivity index (χ1) is 9.05.